The lowest BCUT2D eigenvalue weighted by Gasteiger charge is -2.39. The van der Waals surface area contributed by atoms with Gasteiger partial charge in [-0.25, -0.2) is 0 Å². The van der Waals surface area contributed by atoms with Crippen LogP contribution in [-0.4, -0.2) is 7.11 Å². The highest BCUT2D eigenvalue weighted by Crippen LogP contribution is 2.58. The highest BCUT2D eigenvalue weighted by atomic mass is 16.5. The van der Waals surface area contributed by atoms with Crippen LogP contribution in [0.1, 0.15) is 23.1 Å². The van der Waals surface area contributed by atoms with Crippen LogP contribution in [0.5, 0.6) is 5.75 Å². The molecule has 2 heteroatoms. The maximum absolute atomic E-state index is 5.32. The number of nitrogens with one attached hydrogen (secondary N) is 1. The third-order valence-corrected chi connectivity index (χ3v) is 7.23. The van der Waals surface area contributed by atoms with Crippen LogP contribution in [0.4, 0.5) is 11.4 Å². The van der Waals surface area contributed by atoms with Gasteiger partial charge in [0.15, 0.2) is 0 Å². The van der Waals surface area contributed by atoms with Gasteiger partial charge in [0.25, 0.3) is 0 Å². The average molecular weight is 442 g/mol. The van der Waals surface area contributed by atoms with E-state index in [2.05, 4.69) is 115 Å². The van der Waals surface area contributed by atoms with Gasteiger partial charge in [-0.2, -0.15) is 0 Å². The second-order valence-electron chi connectivity index (χ2n) is 8.99. The molecule has 0 amide bonds. The first-order valence-corrected chi connectivity index (χ1v) is 11.8. The number of anilines is 2. The summed E-state index contributed by atoms with van der Waals surface area (Å²) in [5.74, 6) is 1.19. The van der Waals surface area contributed by atoms with E-state index in [0.717, 1.165) is 23.5 Å². The zero-order valence-corrected chi connectivity index (χ0v) is 19.2. The van der Waals surface area contributed by atoms with Crippen molar-refractivity contribution in [2.45, 2.75) is 11.8 Å². The third-order valence-electron chi connectivity index (χ3n) is 7.23. The summed E-state index contributed by atoms with van der Waals surface area (Å²) in [4.78, 5) is 0. The Kier molecular flexibility index (Phi) is 5.07. The van der Waals surface area contributed by atoms with Crippen molar-refractivity contribution in [1.82, 2.24) is 0 Å². The number of methoxy groups -OCH3 is 1. The molecule has 4 aromatic rings. The zero-order valence-electron chi connectivity index (χ0n) is 19.2. The molecule has 2 unspecified atom stereocenters. The molecule has 1 N–H and O–H groups in total. The van der Waals surface area contributed by atoms with E-state index in [1.807, 2.05) is 12.1 Å². The van der Waals surface area contributed by atoms with E-state index in [-0.39, 0.29) is 5.41 Å². The topological polar surface area (TPSA) is 21.3 Å². The number of benzene rings is 4. The van der Waals surface area contributed by atoms with Gasteiger partial charge in [-0.3, -0.25) is 0 Å². The Morgan fingerprint density at radius 1 is 0.735 bits per heavy atom. The predicted octanol–water partition coefficient (Wildman–Crippen LogP) is 7.89. The van der Waals surface area contributed by atoms with E-state index >= 15 is 0 Å². The molecule has 34 heavy (non-hydrogen) atoms. The van der Waals surface area contributed by atoms with Gasteiger partial charge in [0.1, 0.15) is 5.75 Å². The molecule has 0 radical (unpaired) electrons. The molecule has 2 atom stereocenters. The standard InChI is InChI=1S/C32H27NO/c1-34-27-19-16-25(17-20-27)33-26-18-21-29-28-14-8-9-15-30(28)32(31(29)22-26,23-10-4-2-5-11-23)24-12-6-3-7-13-24/h2-12,14-22,24,33H,13H2,1H3. The minimum atomic E-state index is -0.244. The largest absolute Gasteiger partial charge is 0.497 e. The maximum Gasteiger partial charge on any atom is 0.119 e. The second kappa shape index (κ2) is 8.39. The Labute approximate surface area is 201 Å². The van der Waals surface area contributed by atoms with Gasteiger partial charge >= 0.3 is 0 Å². The average Bonchev–Trinajstić information content (AvgIpc) is 3.21. The minimum absolute atomic E-state index is 0.244. The van der Waals surface area contributed by atoms with Crippen LogP contribution >= 0.6 is 0 Å². The van der Waals surface area contributed by atoms with Crippen LogP contribution in [0.2, 0.25) is 0 Å². The number of hydrogen-bond acceptors (Lipinski definition) is 2. The number of hydrogen-bond donors (Lipinski definition) is 1. The minimum Gasteiger partial charge on any atom is -0.497 e. The molecule has 0 saturated carbocycles. The summed E-state index contributed by atoms with van der Waals surface area (Å²) in [5.41, 5.74) is 8.64. The van der Waals surface area contributed by atoms with Gasteiger partial charge in [-0.1, -0.05) is 85.0 Å². The number of ether oxygens (including phenoxy) is 1. The first-order valence-electron chi connectivity index (χ1n) is 11.8. The maximum atomic E-state index is 5.32. The third kappa shape index (κ3) is 3.18. The summed E-state index contributed by atoms with van der Waals surface area (Å²) >= 11 is 0. The van der Waals surface area contributed by atoms with Gasteiger partial charge in [-0.05, 0) is 76.6 Å². The Bertz CT molecular complexity index is 1380. The number of allylic oxidation sites excluding steroid dienone is 4. The molecule has 0 aromatic heterocycles. The van der Waals surface area contributed by atoms with Crippen molar-refractivity contribution in [3.05, 3.63) is 138 Å². The molecular weight excluding hydrogens is 414 g/mol. The number of fused-ring (bicyclic) bond motifs is 3. The molecule has 4 aromatic carbocycles. The molecular formula is C32H27NO. The van der Waals surface area contributed by atoms with E-state index in [4.69, 9.17) is 4.74 Å². The normalized spacial score (nSPS) is 20.0. The summed E-state index contributed by atoms with van der Waals surface area (Å²) in [5, 5.41) is 3.62. The molecule has 0 aliphatic heterocycles. The SMILES string of the molecule is COc1ccc(Nc2ccc3c(c2)C(c2ccccc2)(C2C=CC=CC2)c2ccccc2-3)cc1. The van der Waals surface area contributed by atoms with Crippen molar-refractivity contribution >= 4 is 11.4 Å². The van der Waals surface area contributed by atoms with E-state index in [1.54, 1.807) is 7.11 Å². The molecule has 166 valence electrons. The molecule has 0 spiro atoms. The van der Waals surface area contributed by atoms with E-state index in [0.29, 0.717) is 5.92 Å². The van der Waals surface area contributed by atoms with Crippen LogP contribution in [-0.2, 0) is 5.41 Å². The van der Waals surface area contributed by atoms with Crippen molar-refractivity contribution in [2.24, 2.45) is 5.92 Å². The summed E-state index contributed by atoms with van der Waals surface area (Å²) in [6, 6.07) is 34.9. The van der Waals surface area contributed by atoms with Crippen molar-refractivity contribution in [3.8, 4) is 16.9 Å². The van der Waals surface area contributed by atoms with Crippen LogP contribution in [0.25, 0.3) is 11.1 Å². The molecule has 6 rings (SSSR count). The summed E-state index contributed by atoms with van der Waals surface area (Å²) in [7, 11) is 1.69. The molecule has 0 bridgehead atoms. The molecule has 0 fully saturated rings. The summed E-state index contributed by atoms with van der Waals surface area (Å²) < 4.78 is 5.32. The van der Waals surface area contributed by atoms with Crippen LogP contribution in [0.15, 0.2) is 121 Å². The van der Waals surface area contributed by atoms with Gasteiger partial charge in [-0.15, -0.1) is 0 Å². The van der Waals surface area contributed by atoms with Crippen molar-refractivity contribution in [3.63, 3.8) is 0 Å². The monoisotopic (exact) mass is 441 g/mol. The Morgan fingerprint density at radius 3 is 2.24 bits per heavy atom. The number of rotatable bonds is 5. The fourth-order valence-corrected chi connectivity index (χ4v) is 5.76. The lowest BCUT2D eigenvalue weighted by atomic mass is 9.62. The molecule has 2 aliphatic carbocycles. The Morgan fingerprint density at radius 2 is 1.47 bits per heavy atom. The molecule has 2 aliphatic rings. The van der Waals surface area contributed by atoms with Crippen LogP contribution < -0.4 is 10.1 Å². The molecule has 2 nitrogen and oxygen atoms in total. The Balaban J connectivity index is 1.55. The van der Waals surface area contributed by atoms with E-state index in [9.17, 15) is 0 Å². The lowest BCUT2D eigenvalue weighted by molar-refractivity contribution is 0.415. The van der Waals surface area contributed by atoms with Crippen molar-refractivity contribution in [2.75, 3.05) is 12.4 Å². The smallest absolute Gasteiger partial charge is 0.119 e. The summed E-state index contributed by atoms with van der Waals surface area (Å²) in [6.45, 7) is 0. The fourth-order valence-electron chi connectivity index (χ4n) is 5.76. The Hall–Kier alpha value is -4.04. The zero-order chi connectivity index (χ0) is 23.0. The van der Waals surface area contributed by atoms with Crippen LogP contribution in [0.3, 0.4) is 0 Å². The predicted molar refractivity (Wildman–Crippen MR) is 141 cm³/mol. The fraction of sp³-hybridized carbons (Fsp3) is 0.125. The van der Waals surface area contributed by atoms with Crippen molar-refractivity contribution < 1.29 is 4.74 Å². The molecule has 0 heterocycles. The first-order chi connectivity index (χ1) is 16.8. The van der Waals surface area contributed by atoms with Gasteiger partial charge < -0.3 is 10.1 Å². The van der Waals surface area contributed by atoms with Gasteiger partial charge in [0.05, 0.1) is 12.5 Å². The quantitative estimate of drug-likeness (QED) is 0.340. The summed E-state index contributed by atoms with van der Waals surface area (Å²) in [6.07, 6.45) is 10.1. The van der Waals surface area contributed by atoms with E-state index in [1.165, 1.54) is 27.8 Å². The first kappa shape index (κ1) is 20.6. The van der Waals surface area contributed by atoms with Crippen LogP contribution in [0, 0.1) is 5.92 Å². The van der Waals surface area contributed by atoms with Gasteiger partial charge in [0, 0.05) is 11.4 Å². The highest BCUT2D eigenvalue weighted by molar-refractivity contribution is 5.86. The van der Waals surface area contributed by atoms with E-state index < -0.39 is 0 Å². The highest BCUT2D eigenvalue weighted by Gasteiger charge is 2.49. The molecule has 0 saturated heterocycles. The lowest BCUT2D eigenvalue weighted by Crippen LogP contribution is -2.35. The second-order valence-corrected chi connectivity index (χ2v) is 8.99. The van der Waals surface area contributed by atoms with Gasteiger partial charge in [0.2, 0.25) is 0 Å². The van der Waals surface area contributed by atoms with Crippen molar-refractivity contribution in [1.29, 1.82) is 0 Å².